The highest BCUT2D eigenvalue weighted by atomic mass is 35.5. The number of hydrogen-bond acceptors (Lipinski definition) is 9. The largest absolute Gasteiger partial charge is 0.489 e. The van der Waals surface area contributed by atoms with Crippen molar-refractivity contribution in [1.82, 2.24) is 4.90 Å². The Hall–Kier alpha value is -4.91. The van der Waals surface area contributed by atoms with Gasteiger partial charge >= 0.3 is 18.6 Å². The number of aromatic amines is 1. The van der Waals surface area contributed by atoms with E-state index < -0.39 is 30.7 Å². The number of carbonyl (C=O) groups excluding carboxylic acids is 2. The molecule has 5 heterocycles. The summed E-state index contributed by atoms with van der Waals surface area (Å²) in [5, 5.41) is 4.79. The van der Waals surface area contributed by atoms with E-state index in [-0.39, 0.29) is 29.6 Å². The van der Waals surface area contributed by atoms with Gasteiger partial charge in [0, 0.05) is 29.6 Å². The number of ether oxygens (including phenoxy) is 4. The van der Waals surface area contributed by atoms with Crippen LogP contribution in [0.5, 0.6) is 11.5 Å². The molecule has 3 saturated heterocycles. The molecule has 0 amide bonds. The summed E-state index contributed by atoms with van der Waals surface area (Å²) in [5.41, 5.74) is 2.99. The molecule has 3 aliphatic heterocycles. The maximum absolute atomic E-state index is 14.0. The van der Waals surface area contributed by atoms with Gasteiger partial charge in [-0.05, 0) is 110 Å². The minimum Gasteiger partial charge on any atom is -0.489 e. The van der Waals surface area contributed by atoms with Gasteiger partial charge < -0.3 is 28.7 Å². The molecule has 3 aromatic carbocycles. The van der Waals surface area contributed by atoms with Crippen molar-refractivity contribution in [2.45, 2.75) is 57.0 Å². The highest BCUT2D eigenvalue weighted by Gasteiger charge is 2.38. The van der Waals surface area contributed by atoms with Crippen LogP contribution in [0, 0.1) is 11.8 Å². The van der Waals surface area contributed by atoms with Crippen molar-refractivity contribution < 1.29 is 46.7 Å². The molecule has 4 aliphatic rings. The number of carbonyl (C=O) groups is 2. The minimum atomic E-state index is -3.06. The SMILES string of the molecule is O=C(O[C@@H](Cc1c(Cl)c[nH+]cc1Cl)c1ccc(OC(F)F)c(OCC2CC2)c1)c1cccc(NC(C(=O)O[C@H]2CN3CCC2CC3)c2ccc3occc3c2)c1. The highest BCUT2D eigenvalue weighted by molar-refractivity contribution is 6.35. The fourth-order valence-electron chi connectivity index (χ4n) is 7.41. The van der Waals surface area contributed by atoms with Gasteiger partial charge in [-0.25, -0.2) is 14.6 Å². The lowest BCUT2D eigenvalue weighted by Gasteiger charge is -2.44. The number of fused-ring (bicyclic) bond motifs is 4. The highest BCUT2D eigenvalue weighted by Crippen LogP contribution is 2.39. The number of alkyl halides is 2. The van der Waals surface area contributed by atoms with Crippen LogP contribution in [0.25, 0.3) is 11.0 Å². The molecular formula is C42H40Cl2F2N3O7+. The first-order chi connectivity index (χ1) is 27.2. The number of anilines is 1. The number of nitrogens with one attached hydrogen (secondary N) is 2. The first kappa shape index (κ1) is 38.0. The van der Waals surface area contributed by atoms with Crippen LogP contribution in [0.3, 0.4) is 0 Å². The number of aromatic nitrogens is 1. The van der Waals surface area contributed by atoms with Crippen LogP contribution in [0.2, 0.25) is 10.0 Å². The van der Waals surface area contributed by atoms with Crippen molar-refractivity contribution in [3.63, 3.8) is 0 Å². The molecule has 5 aromatic rings. The number of hydrogen-bond donors (Lipinski definition) is 1. The molecule has 1 aliphatic carbocycles. The number of esters is 2. The summed E-state index contributed by atoms with van der Waals surface area (Å²) in [4.78, 5) is 33.2. The second-order valence-corrected chi connectivity index (χ2v) is 15.4. The molecule has 10 nitrogen and oxygen atoms in total. The van der Waals surface area contributed by atoms with Gasteiger partial charge in [0.2, 0.25) is 0 Å². The normalized spacial score (nSPS) is 20.1. The number of halogens is 4. The lowest BCUT2D eigenvalue weighted by molar-refractivity contribution is -0.377. The molecule has 4 fully saturated rings. The van der Waals surface area contributed by atoms with Crippen molar-refractivity contribution in [2.75, 3.05) is 31.6 Å². The second kappa shape index (κ2) is 16.7. The van der Waals surface area contributed by atoms with E-state index in [4.69, 9.17) is 46.6 Å². The van der Waals surface area contributed by atoms with E-state index in [1.165, 1.54) is 18.2 Å². The van der Waals surface area contributed by atoms with Crippen LogP contribution in [0.1, 0.15) is 64.9 Å². The molecule has 3 atom stereocenters. The minimum absolute atomic E-state index is 0.0527. The summed E-state index contributed by atoms with van der Waals surface area (Å²) in [6.07, 6.45) is 7.54. The average molecular weight is 808 g/mol. The van der Waals surface area contributed by atoms with E-state index in [0.717, 1.165) is 44.2 Å². The summed E-state index contributed by atoms with van der Waals surface area (Å²) in [6.45, 7) is 0.00867. The molecule has 292 valence electrons. The lowest BCUT2D eigenvalue weighted by atomic mass is 9.86. The number of nitrogens with zero attached hydrogens (tertiary/aromatic N) is 1. The smallest absolute Gasteiger partial charge is 0.387 e. The summed E-state index contributed by atoms with van der Waals surface area (Å²) >= 11 is 13.1. The summed E-state index contributed by atoms with van der Waals surface area (Å²) in [5.74, 6) is -0.487. The molecule has 56 heavy (non-hydrogen) atoms. The van der Waals surface area contributed by atoms with Crippen LogP contribution < -0.4 is 19.8 Å². The molecular weight excluding hydrogens is 767 g/mol. The number of rotatable bonds is 15. The van der Waals surface area contributed by atoms with E-state index in [9.17, 15) is 18.4 Å². The lowest BCUT2D eigenvalue weighted by Crippen LogP contribution is -2.52. The Morgan fingerprint density at radius 1 is 0.929 bits per heavy atom. The van der Waals surface area contributed by atoms with Gasteiger partial charge in [-0.2, -0.15) is 8.78 Å². The zero-order valence-corrected chi connectivity index (χ0v) is 31.7. The maximum Gasteiger partial charge on any atom is 0.387 e. The Kier molecular flexibility index (Phi) is 11.3. The Balaban J connectivity index is 1.06. The van der Waals surface area contributed by atoms with Gasteiger partial charge in [0.1, 0.15) is 27.8 Å². The summed E-state index contributed by atoms with van der Waals surface area (Å²) in [7, 11) is 0. The molecule has 1 unspecified atom stereocenters. The third kappa shape index (κ3) is 8.88. The van der Waals surface area contributed by atoms with Crippen LogP contribution in [-0.2, 0) is 20.7 Å². The van der Waals surface area contributed by atoms with E-state index in [2.05, 4.69) is 15.2 Å². The monoisotopic (exact) mass is 806 g/mol. The Morgan fingerprint density at radius 2 is 1.71 bits per heavy atom. The van der Waals surface area contributed by atoms with E-state index in [1.807, 2.05) is 24.3 Å². The molecule has 9 rings (SSSR count). The van der Waals surface area contributed by atoms with Crippen molar-refractivity contribution in [3.05, 3.63) is 118 Å². The second-order valence-electron chi connectivity index (χ2n) is 14.6. The number of furan rings is 1. The number of benzene rings is 3. The van der Waals surface area contributed by atoms with E-state index in [1.54, 1.807) is 42.9 Å². The predicted octanol–water partition coefficient (Wildman–Crippen LogP) is 8.88. The fourth-order valence-corrected chi connectivity index (χ4v) is 7.94. The maximum atomic E-state index is 14.0. The summed E-state index contributed by atoms with van der Waals surface area (Å²) in [6, 6.07) is 17.5. The van der Waals surface area contributed by atoms with Gasteiger partial charge in [-0.15, -0.1) is 0 Å². The molecule has 2 aromatic heterocycles. The van der Waals surface area contributed by atoms with Crippen molar-refractivity contribution >= 4 is 51.8 Å². The predicted molar refractivity (Wildman–Crippen MR) is 204 cm³/mol. The van der Waals surface area contributed by atoms with Crippen molar-refractivity contribution in [3.8, 4) is 11.5 Å². The van der Waals surface area contributed by atoms with Gasteiger partial charge in [0.15, 0.2) is 29.9 Å². The Morgan fingerprint density at radius 3 is 2.45 bits per heavy atom. The van der Waals surface area contributed by atoms with Gasteiger partial charge in [0.25, 0.3) is 0 Å². The van der Waals surface area contributed by atoms with Gasteiger partial charge in [-0.3, -0.25) is 4.90 Å². The van der Waals surface area contributed by atoms with E-state index >= 15 is 0 Å². The molecule has 2 bridgehead atoms. The van der Waals surface area contributed by atoms with Gasteiger partial charge in [-0.1, -0.05) is 41.4 Å². The first-order valence-corrected chi connectivity index (χ1v) is 19.5. The quantitative estimate of drug-likeness (QED) is 0.104. The molecule has 1 saturated carbocycles. The Bertz CT molecular complexity index is 2190. The number of pyridine rings is 1. The third-order valence-electron chi connectivity index (χ3n) is 10.7. The average Bonchev–Trinajstić information content (AvgIpc) is 3.91. The Labute approximate surface area is 332 Å². The van der Waals surface area contributed by atoms with Crippen molar-refractivity contribution in [1.29, 1.82) is 0 Å². The van der Waals surface area contributed by atoms with Crippen LogP contribution in [-0.4, -0.2) is 55.8 Å². The van der Waals surface area contributed by atoms with Crippen LogP contribution in [0.4, 0.5) is 14.5 Å². The summed E-state index contributed by atoms with van der Waals surface area (Å²) < 4.78 is 55.2. The first-order valence-electron chi connectivity index (χ1n) is 18.7. The molecule has 2 N–H and O–H groups in total. The van der Waals surface area contributed by atoms with Crippen LogP contribution in [0.15, 0.2) is 89.8 Å². The third-order valence-corrected chi connectivity index (χ3v) is 11.4. The standard InChI is InChI=1S/C42H39Cl2F2N3O7/c43-32-20-47-21-33(44)31(32)19-36(26-6-9-35(56-42(45)46)37(18-26)53-23-24-4-5-24)54-40(50)29-2-1-3-30(17-29)48-39(28-7-8-34-27(16-28)12-15-52-34)41(51)55-38-22-49-13-10-25(38)11-14-49/h1-3,6-9,12,15-18,20-21,24-25,36,38-39,42,48H,4-5,10-11,13-14,19,22-23H2/p+1/t36-,38-,39?/m0/s1. The number of H-pyrrole nitrogens is 1. The fraction of sp³-hybridized carbons (Fsp3) is 0.357. The molecule has 14 heteroatoms. The zero-order valence-electron chi connectivity index (χ0n) is 30.2. The molecule has 0 spiro atoms. The van der Waals surface area contributed by atoms with Crippen LogP contribution >= 0.6 is 23.2 Å². The topological polar surface area (TPSA) is 114 Å². The molecule has 0 radical (unpaired) electrons. The van der Waals surface area contributed by atoms with Crippen molar-refractivity contribution in [2.24, 2.45) is 11.8 Å². The van der Waals surface area contributed by atoms with Gasteiger partial charge in [0.05, 0.1) is 18.4 Å². The zero-order chi connectivity index (χ0) is 38.8. The van der Waals surface area contributed by atoms with E-state index in [0.29, 0.717) is 63.0 Å². The number of piperidine rings is 3.